The topological polar surface area (TPSA) is 66.5 Å². The zero-order chi connectivity index (χ0) is 19.9. The highest BCUT2D eigenvalue weighted by Gasteiger charge is 2.21. The monoisotopic (exact) mass is 396 g/mol. The molecule has 5 nitrogen and oxygen atoms in total. The molecule has 0 aliphatic heterocycles. The van der Waals surface area contributed by atoms with Crippen LogP contribution < -0.4 is 4.72 Å². The van der Waals surface area contributed by atoms with Crippen LogP contribution in [0.3, 0.4) is 0 Å². The Hall–Kier alpha value is -2.32. The van der Waals surface area contributed by atoms with Gasteiger partial charge in [0.2, 0.25) is 10.0 Å². The molecular weight excluding hydrogens is 374 g/mol. The van der Waals surface area contributed by atoms with E-state index in [4.69, 9.17) is 0 Å². The van der Waals surface area contributed by atoms with Crippen molar-refractivity contribution in [3.05, 3.63) is 65.7 Å². The molecule has 0 bridgehead atoms. The Morgan fingerprint density at radius 3 is 2.44 bits per heavy atom. The van der Waals surface area contributed by atoms with E-state index in [1.54, 1.807) is 31.2 Å². The molecule has 0 fully saturated rings. The molecule has 0 heterocycles. The van der Waals surface area contributed by atoms with Crippen molar-refractivity contribution in [3.8, 4) is 0 Å². The van der Waals surface area contributed by atoms with E-state index in [-0.39, 0.29) is 23.5 Å². The van der Waals surface area contributed by atoms with Gasteiger partial charge in [-0.1, -0.05) is 43.3 Å². The number of nitrogens with one attached hydrogen (secondary N) is 1. The number of alkyl halides is 2. The standard InChI is InChI=1S/C19H22F2N2O3S/c1-2-11-23(14-18(20)21)19(24)16-9-6-10-17(12-16)27(25,26)22-13-15-7-4-3-5-8-15/h3-10,12,18,22H,2,11,13-14H2,1H3. The van der Waals surface area contributed by atoms with Gasteiger partial charge in [-0.25, -0.2) is 21.9 Å². The molecular formula is C19H22F2N2O3S. The Morgan fingerprint density at radius 2 is 1.81 bits per heavy atom. The highest BCUT2D eigenvalue weighted by molar-refractivity contribution is 7.89. The summed E-state index contributed by atoms with van der Waals surface area (Å²) in [6.45, 7) is 1.37. The third kappa shape index (κ3) is 6.11. The molecule has 0 saturated carbocycles. The highest BCUT2D eigenvalue weighted by Crippen LogP contribution is 2.15. The minimum absolute atomic E-state index is 0.0617. The summed E-state index contributed by atoms with van der Waals surface area (Å²) in [5, 5.41) is 0. The summed E-state index contributed by atoms with van der Waals surface area (Å²) in [5.41, 5.74) is 0.853. The molecule has 1 amide bonds. The Kier molecular flexibility index (Phi) is 7.44. The van der Waals surface area contributed by atoms with E-state index in [9.17, 15) is 22.0 Å². The van der Waals surface area contributed by atoms with Gasteiger partial charge in [0.1, 0.15) is 0 Å². The van der Waals surface area contributed by atoms with Crippen LogP contribution in [-0.4, -0.2) is 38.7 Å². The number of hydrogen-bond acceptors (Lipinski definition) is 3. The van der Waals surface area contributed by atoms with Crippen molar-refractivity contribution in [1.82, 2.24) is 9.62 Å². The third-order valence-electron chi connectivity index (χ3n) is 3.84. The van der Waals surface area contributed by atoms with Crippen molar-refractivity contribution in [2.24, 2.45) is 0 Å². The molecule has 2 aromatic rings. The molecule has 0 atom stereocenters. The minimum Gasteiger partial charge on any atom is -0.333 e. The summed E-state index contributed by atoms with van der Waals surface area (Å²) in [5.74, 6) is -0.614. The van der Waals surface area contributed by atoms with Crippen molar-refractivity contribution < 1.29 is 22.0 Å². The van der Waals surface area contributed by atoms with Gasteiger partial charge in [0.05, 0.1) is 11.4 Å². The van der Waals surface area contributed by atoms with E-state index in [1.165, 1.54) is 24.3 Å². The maximum absolute atomic E-state index is 12.7. The Balaban J connectivity index is 2.18. The summed E-state index contributed by atoms with van der Waals surface area (Å²) >= 11 is 0. The van der Waals surface area contributed by atoms with Crippen LogP contribution in [0.25, 0.3) is 0 Å². The molecule has 0 unspecified atom stereocenters. The molecule has 0 aliphatic carbocycles. The summed E-state index contributed by atoms with van der Waals surface area (Å²) in [7, 11) is -3.84. The maximum Gasteiger partial charge on any atom is 0.255 e. The summed E-state index contributed by atoms with van der Waals surface area (Å²) in [6, 6.07) is 14.4. The number of benzene rings is 2. The van der Waals surface area contributed by atoms with Crippen molar-refractivity contribution in [3.63, 3.8) is 0 Å². The van der Waals surface area contributed by atoms with Crippen LogP contribution >= 0.6 is 0 Å². The van der Waals surface area contributed by atoms with Crippen LogP contribution in [-0.2, 0) is 16.6 Å². The predicted octanol–water partition coefficient (Wildman–Crippen LogP) is 3.28. The number of carbonyl (C=O) groups excluding carboxylic acids is 1. The summed E-state index contributed by atoms with van der Waals surface area (Å²) in [4.78, 5) is 13.5. The smallest absolute Gasteiger partial charge is 0.255 e. The molecule has 8 heteroatoms. The van der Waals surface area contributed by atoms with Crippen molar-refractivity contribution in [2.45, 2.75) is 31.2 Å². The van der Waals surface area contributed by atoms with Gasteiger partial charge in [-0.15, -0.1) is 0 Å². The van der Waals surface area contributed by atoms with E-state index in [2.05, 4.69) is 4.72 Å². The first-order valence-electron chi connectivity index (χ1n) is 8.54. The lowest BCUT2D eigenvalue weighted by molar-refractivity contribution is 0.0555. The summed E-state index contributed by atoms with van der Waals surface area (Å²) in [6.07, 6.45) is -2.13. The van der Waals surface area contributed by atoms with Gasteiger partial charge in [-0.3, -0.25) is 4.79 Å². The molecule has 2 rings (SSSR count). The number of sulfonamides is 1. The van der Waals surface area contributed by atoms with Crippen LogP contribution in [0.5, 0.6) is 0 Å². The van der Waals surface area contributed by atoms with Crippen LogP contribution in [0.4, 0.5) is 8.78 Å². The number of hydrogen-bond donors (Lipinski definition) is 1. The van der Waals surface area contributed by atoms with Gasteiger partial charge in [0.25, 0.3) is 12.3 Å². The fraction of sp³-hybridized carbons (Fsp3) is 0.316. The van der Waals surface area contributed by atoms with Crippen LogP contribution in [0.1, 0.15) is 29.3 Å². The molecule has 2 aromatic carbocycles. The Bertz CT molecular complexity index is 858. The SMILES string of the molecule is CCCN(CC(F)F)C(=O)c1cccc(S(=O)(=O)NCc2ccccc2)c1. The molecule has 0 aliphatic rings. The fourth-order valence-corrected chi connectivity index (χ4v) is 3.61. The summed E-state index contributed by atoms with van der Waals surface area (Å²) < 4.78 is 52.9. The van der Waals surface area contributed by atoms with E-state index >= 15 is 0 Å². The first-order valence-corrected chi connectivity index (χ1v) is 10.0. The average Bonchev–Trinajstić information content (AvgIpc) is 2.66. The molecule has 27 heavy (non-hydrogen) atoms. The quantitative estimate of drug-likeness (QED) is 0.707. The molecule has 146 valence electrons. The molecule has 0 radical (unpaired) electrons. The van der Waals surface area contributed by atoms with Crippen molar-refractivity contribution in [1.29, 1.82) is 0 Å². The zero-order valence-corrected chi connectivity index (χ0v) is 15.8. The number of rotatable bonds is 9. The Labute approximate surface area is 158 Å². The number of carbonyl (C=O) groups is 1. The third-order valence-corrected chi connectivity index (χ3v) is 5.24. The Morgan fingerprint density at radius 1 is 1.11 bits per heavy atom. The molecule has 0 spiro atoms. The lowest BCUT2D eigenvalue weighted by Crippen LogP contribution is -2.35. The van der Waals surface area contributed by atoms with Crippen LogP contribution in [0.15, 0.2) is 59.5 Å². The molecule has 1 N–H and O–H groups in total. The normalized spacial score (nSPS) is 11.6. The van der Waals surface area contributed by atoms with Crippen molar-refractivity contribution >= 4 is 15.9 Å². The first-order chi connectivity index (χ1) is 12.8. The van der Waals surface area contributed by atoms with Gasteiger partial charge in [-0.05, 0) is 30.2 Å². The van der Waals surface area contributed by atoms with Gasteiger partial charge in [-0.2, -0.15) is 0 Å². The minimum atomic E-state index is -3.84. The fourth-order valence-electron chi connectivity index (χ4n) is 2.55. The second-order valence-electron chi connectivity index (χ2n) is 5.98. The van der Waals surface area contributed by atoms with E-state index < -0.39 is 28.9 Å². The lowest BCUT2D eigenvalue weighted by atomic mass is 10.2. The molecule has 0 saturated heterocycles. The van der Waals surface area contributed by atoms with Gasteiger partial charge in [0, 0.05) is 18.7 Å². The van der Waals surface area contributed by atoms with Crippen molar-refractivity contribution in [2.75, 3.05) is 13.1 Å². The predicted molar refractivity (Wildman–Crippen MR) is 99.1 cm³/mol. The van der Waals surface area contributed by atoms with E-state index in [0.717, 1.165) is 10.5 Å². The van der Waals surface area contributed by atoms with Gasteiger partial charge in [0.15, 0.2) is 0 Å². The van der Waals surface area contributed by atoms with Crippen LogP contribution in [0.2, 0.25) is 0 Å². The average molecular weight is 396 g/mol. The number of nitrogens with zero attached hydrogens (tertiary/aromatic N) is 1. The zero-order valence-electron chi connectivity index (χ0n) is 14.9. The molecule has 0 aromatic heterocycles. The van der Waals surface area contributed by atoms with E-state index in [1.807, 2.05) is 6.07 Å². The second kappa shape index (κ2) is 9.57. The second-order valence-corrected chi connectivity index (χ2v) is 7.75. The lowest BCUT2D eigenvalue weighted by Gasteiger charge is -2.22. The van der Waals surface area contributed by atoms with Gasteiger partial charge >= 0.3 is 0 Å². The number of halogens is 2. The largest absolute Gasteiger partial charge is 0.333 e. The maximum atomic E-state index is 12.7. The van der Waals surface area contributed by atoms with E-state index in [0.29, 0.717) is 6.42 Å². The first kappa shape index (κ1) is 21.0. The number of amides is 1. The highest BCUT2D eigenvalue weighted by atomic mass is 32.2. The van der Waals surface area contributed by atoms with Crippen LogP contribution in [0, 0.1) is 0 Å². The van der Waals surface area contributed by atoms with Gasteiger partial charge < -0.3 is 4.90 Å².